The van der Waals surface area contributed by atoms with E-state index in [4.69, 9.17) is 19.4 Å². The number of hydrogen-bond acceptors (Lipinski definition) is 4. The first-order valence-corrected chi connectivity index (χ1v) is 25.7. The first kappa shape index (κ1) is 48.1. The number of benzene rings is 9. The summed E-state index contributed by atoms with van der Waals surface area (Å²) in [6.45, 7) is 0. The van der Waals surface area contributed by atoms with Crippen LogP contribution in [0.4, 0.5) is 0 Å². The maximum absolute atomic E-state index is 6.31. The predicted molar refractivity (Wildman–Crippen MR) is 308 cm³/mol. The Morgan fingerprint density at radius 2 is 0.921 bits per heavy atom. The molecule has 13 aromatic rings. The second kappa shape index (κ2) is 21.5. The van der Waals surface area contributed by atoms with E-state index in [-0.39, 0.29) is 20.1 Å². The summed E-state index contributed by atoms with van der Waals surface area (Å²) >= 11 is 0. The Bertz CT molecular complexity index is 4050. The van der Waals surface area contributed by atoms with Gasteiger partial charge in [0, 0.05) is 60.6 Å². The standard InChI is InChI=1S/C71H49N3O.Ir/c1-4-15-52(16-5-1)56-34-36-64-65(43-56)66(47-74-71(64)58-22-14-21-55(42-58)57-33-35-63-62-25-12-13-26-69(62)75-70(63)44-57)61-24-11-10-23-60(61)59-40-50(29-27-48-31-37-67(72-45-48)53-17-6-2-7-18-53)39-51(41-59)30-28-49-32-38-68(73-46-49)54-19-8-3-9-20-54;/h1-19,21,23-26,31-47H,27-30H2;/q-2;. The fraction of sp³-hybridized carbons (Fsp3) is 0.0563. The maximum atomic E-state index is 6.31. The van der Waals surface area contributed by atoms with Gasteiger partial charge in [-0.3, -0.25) is 4.98 Å². The van der Waals surface area contributed by atoms with Crippen molar-refractivity contribution in [2.24, 2.45) is 0 Å². The maximum Gasteiger partial charge on any atom is 0.135 e. The number of pyridine rings is 3. The Labute approximate surface area is 456 Å². The van der Waals surface area contributed by atoms with Crippen molar-refractivity contribution in [3.63, 3.8) is 0 Å². The third kappa shape index (κ3) is 9.95. The fourth-order valence-electron chi connectivity index (χ4n) is 10.6. The molecule has 1 radical (unpaired) electrons. The summed E-state index contributed by atoms with van der Waals surface area (Å²) in [6.07, 6.45) is 9.62. The largest absolute Gasteiger partial charge is 0.456 e. The van der Waals surface area contributed by atoms with Crippen molar-refractivity contribution in [1.82, 2.24) is 15.0 Å². The van der Waals surface area contributed by atoms with Gasteiger partial charge >= 0.3 is 0 Å². The van der Waals surface area contributed by atoms with Crippen molar-refractivity contribution >= 4 is 32.7 Å². The number of furan rings is 1. The Hall–Kier alpha value is -8.86. The Morgan fingerprint density at radius 3 is 1.64 bits per heavy atom. The van der Waals surface area contributed by atoms with Gasteiger partial charge in [-0.1, -0.05) is 158 Å². The first-order chi connectivity index (χ1) is 37.1. The molecule has 76 heavy (non-hydrogen) atoms. The van der Waals surface area contributed by atoms with Crippen molar-refractivity contribution in [3.05, 3.63) is 283 Å². The van der Waals surface area contributed by atoms with Crippen LogP contribution in [-0.2, 0) is 45.8 Å². The van der Waals surface area contributed by atoms with E-state index in [9.17, 15) is 0 Å². The zero-order chi connectivity index (χ0) is 49.9. The van der Waals surface area contributed by atoms with E-state index in [1.54, 1.807) is 0 Å². The molecule has 0 saturated heterocycles. The van der Waals surface area contributed by atoms with Gasteiger partial charge in [-0.25, -0.2) is 0 Å². The second-order valence-electron chi connectivity index (χ2n) is 19.3. The summed E-state index contributed by atoms with van der Waals surface area (Å²) in [7, 11) is 0. The molecule has 0 saturated carbocycles. The molecule has 5 heteroatoms. The Kier molecular flexibility index (Phi) is 13.6. The molecule has 0 aliphatic carbocycles. The summed E-state index contributed by atoms with van der Waals surface area (Å²) < 4.78 is 6.31. The van der Waals surface area contributed by atoms with Crippen molar-refractivity contribution in [2.75, 3.05) is 0 Å². The van der Waals surface area contributed by atoms with Gasteiger partial charge in [0.05, 0.1) is 5.69 Å². The van der Waals surface area contributed by atoms with Gasteiger partial charge in [-0.05, 0) is 134 Å². The minimum Gasteiger partial charge on any atom is -0.456 e. The molecule has 0 aliphatic heterocycles. The van der Waals surface area contributed by atoms with Crippen LogP contribution in [-0.4, -0.2) is 15.0 Å². The van der Waals surface area contributed by atoms with E-state index < -0.39 is 0 Å². The summed E-state index contributed by atoms with van der Waals surface area (Å²) in [4.78, 5) is 15.1. The van der Waals surface area contributed by atoms with Crippen molar-refractivity contribution in [2.45, 2.75) is 25.7 Å². The van der Waals surface area contributed by atoms with Crippen molar-refractivity contribution < 1.29 is 24.5 Å². The summed E-state index contributed by atoms with van der Waals surface area (Å²) in [6, 6.07) is 88.5. The summed E-state index contributed by atoms with van der Waals surface area (Å²) in [5, 5.41) is 4.43. The van der Waals surface area contributed by atoms with E-state index >= 15 is 0 Å². The van der Waals surface area contributed by atoms with Crippen LogP contribution in [0.25, 0.3) is 111 Å². The Balaban J connectivity index is 0.00000582. The topological polar surface area (TPSA) is 51.8 Å². The van der Waals surface area contributed by atoms with Crippen LogP contribution in [0.1, 0.15) is 22.3 Å². The van der Waals surface area contributed by atoms with Gasteiger partial charge in [0.25, 0.3) is 0 Å². The van der Waals surface area contributed by atoms with Crippen LogP contribution in [0.15, 0.2) is 254 Å². The molecule has 0 spiro atoms. The third-order valence-corrected chi connectivity index (χ3v) is 14.5. The van der Waals surface area contributed by atoms with Crippen molar-refractivity contribution in [1.29, 1.82) is 0 Å². The van der Waals surface area contributed by atoms with Crippen molar-refractivity contribution in [3.8, 4) is 78.3 Å². The number of aryl methyl sites for hydroxylation is 4. The molecule has 0 unspecified atom stereocenters. The molecule has 0 fully saturated rings. The van der Waals surface area contributed by atoms with Crippen LogP contribution >= 0.6 is 0 Å². The first-order valence-electron chi connectivity index (χ1n) is 25.7. The molecule has 0 N–H and O–H groups in total. The van der Waals surface area contributed by atoms with Gasteiger partial charge < -0.3 is 14.4 Å². The van der Waals surface area contributed by atoms with Gasteiger partial charge in [-0.2, -0.15) is 0 Å². The normalized spacial score (nSPS) is 11.3. The number of para-hydroxylation sites is 1. The van der Waals surface area contributed by atoms with E-state index in [0.29, 0.717) is 0 Å². The number of hydrogen-bond donors (Lipinski definition) is 0. The third-order valence-electron chi connectivity index (χ3n) is 14.5. The quantitative estimate of drug-likeness (QED) is 0.108. The van der Waals surface area contributed by atoms with Crippen LogP contribution in [0.2, 0.25) is 0 Å². The molecule has 4 nitrogen and oxygen atoms in total. The zero-order valence-electron chi connectivity index (χ0n) is 41.6. The van der Waals surface area contributed by atoms with Crippen LogP contribution in [0.3, 0.4) is 0 Å². The SMILES string of the molecule is [Ir].[c-]1ccccc1-c1ccc(CCc2cc(CCc3ccc(-c4ccccc4)nc3)cc(-c3ccccc3-c3cnc(-c4[c-]ccc(-c5ccc6c(c5)oc5ccccc56)c4)c4ccc(-c5ccccc5)cc34)c2)cn1. The molecular weight excluding hydrogens is 1100 g/mol. The van der Waals surface area contributed by atoms with Crippen LogP contribution in [0, 0.1) is 12.1 Å². The molecule has 0 amide bonds. The van der Waals surface area contributed by atoms with E-state index in [2.05, 4.69) is 206 Å². The number of rotatable bonds is 13. The number of aromatic nitrogens is 3. The number of nitrogens with zero attached hydrogens (tertiary/aromatic N) is 3. The summed E-state index contributed by atoms with van der Waals surface area (Å²) in [5.41, 5.74) is 21.6. The van der Waals surface area contributed by atoms with E-state index in [0.717, 1.165) is 131 Å². The van der Waals surface area contributed by atoms with Crippen LogP contribution < -0.4 is 0 Å². The molecular formula is C71H49IrN3O-2. The van der Waals surface area contributed by atoms with Gasteiger partial charge in [0.15, 0.2) is 0 Å². The fourth-order valence-corrected chi connectivity index (χ4v) is 10.6. The monoisotopic (exact) mass is 1150 g/mol. The average molecular weight is 1150 g/mol. The minimum absolute atomic E-state index is 0. The van der Waals surface area contributed by atoms with E-state index in [1.165, 1.54) is 27.8 Å². The molecule has 9 aromatic carbocycles. The second-order valence-corrected chi connectivity index (χ2v) is 19.3. The zero-order valence-corrected chi connectivity index (χ0v) is 44.0. The minimum atomic E-state index is 0. The smallest absolute Gasteiger partial charge is 0.135 e. The number of fused-ring (bicyclic) bond motifs is 4. The molecule has 4 aromatic heterocycles. The molecule has 0 bridgehead atoms. The molecule has 365 valence electrons. The van der Waals surface area contributed by atoms with Gasteiger partial charge in [-0.15, -0.1) is 71.3 Å². The van der Waals surface area contributed by atoms with Gasteiger partial charge in [0.1, 0.15) is 11.2 Å². The average Bonchev–Trinajstić information content (AvgIpc) is 3.92. The van der Waals surface area contributed by atoms with Crippen LogP contribution in [0.5, 0.6) is 0 Å². The molecule has 0 atom stereocenters. The molecule has 0 aliphatic rings. The molecule has 4 heterocycles. The predicted octanol–water partition coefficient (Wildman–Crippen LogP) is 17.8. The summed E-state index contributed by atoms with van der Waals surface area (Å²) in [5.74, 6) is 0. The van der Waals surface area contributed by atoms with E-state index in [1.807, 2.05) is 54.9 Å². The Morgan fingerprint density at radius 1 is 0.316 bits per heavy atom. The van der Waals surface area contributed by atoms with Gasteiger partial charge in [0.2, 0.25) is 0 Å². The molecule has 13 rings (SSSR count).